The molecule has 1 heterocycles. The van der Waals surface area contributed by atoms with Crippen LogP contribution in [0, 0.1) is 13.8 Å². The lowest BCUT2D eigenvalue weighted by atomic mass is 10.2. The summed E-state index contributed by atoms with van der Waals surface area (Å²) in [7, 11) is -3.54. The molecule has 0 unspecified atom stereocenters. The molecule has 2 rings (SSSR count). The van der Waals surface area contributed by atoms with Gasteiger partial charge in [0.15, 0.2) is 0 Å². The van der Waals surface area contributed by atoms with Crippen LogP contribution in [0.1, 0.15) is 22.9 Å². The zero-order valence-corrected chi connectivity index (χ0v) is 14.1. The van der Waals surface area contributed by atoms with Gasteiger partial charge in [0, 0.05) is 18.0 Å². The summed E-state index contributed by atoms with van der Waals surface area (Å²) < 4.78 is 27.5. The maximum Gasteiger partial charge on any atom is 0.273 e. The number of nitrogens with two attached hydrogens (primary N) is 1. The minimum atomic E-state index is -3.54. The molecule has 0 aliphatic heterocycles. The van der Waals surface area contributed by atoms with Crippen molar-refractivity contribution in [3.05, 3.63) is 46.3 Å². The van der Waals surface area contributed by atoms with Crippen molar-refractivity contribution in [3.63, 3.8) is 0 Å². The second-order valence-corrected chi connectivity index (χ2v) is 8.11. The molecule has 0 bridgehead atoms. The molecule has 2 N–H and O–H groups in total. The van der Waals surface area contributed by atoms with Crippen molar-refractivity contribution in [2.24, 2.45) is 5.73 Å². The highest BCUT2D eigenvalue weighted by atomic mass is 32.2. The minimum absolute atomic E-state index is 0.351. The Morgan fingerprint density at radius 3 is 2.48 bits per heavy atom. The molecule has 0 saturated carbocycles. The maximum absolute atomic E-state index is 12.9. The molecule has 21 heavy (non-hydrogen) atoms. The molecule has 2 aromatic rings. The number of sulfonamides is 1. The fourth-order valence-electron chi connectivity index (χ4n) is 2.20. The number of rotatable bonds is 5. The molecular formula is C15H20N2O2S2. The number of hydrogen-bond acceptors (Lipinski definition) is 4. The van der Waals surface area contributed by atoms with Crippen LogP contribution in [0.3, 0.4) is 0 Å². The van der Waals surface area contributed by atoms with Crippen LogP contribution in [0.15, 0.2) is 34.5 Å². The van der Waals surface area contributed by atoms with Crippen molar-refractivity contribution in [2.45, 2.75) is 31.5 Å². The van der Waals surface area contributed by atoms with Crippen LogP contribution in [0.5, 0.6) is 0 Å². The highest BCUT2D eigenvalue weighted by molar-refractivity contribution is 7.94. The van der Waals surface area contributed by atoms with Crippen LogP contribution in [0.2, 0.25) is 0 Å². The van der Waals surface area contributed by atoms with Gasteiger partial charge in [-0.1, -0.05) is 12.1 Å². The topological polar surface area (TPSA) is 63.4 Å². The van der Waals surface area contributed by atoms with Gasteiger partial charge in [-0.3, -0.25) is 4.31 Å². The quantitative estimate of drug-likeness (QED) is 0.919. The summed E-state index contributed by atoms with van der Waals surface area (Å²) in [4.78, 5) is 0.911. The molecule has 0 spiro atoms. The summed E-state index contributed by atoms with van der Waals surface area (Å²) in [6.07, 6.45) is 0. The zero-order chi connectivity index (χ0) is 15.6. The number of aryl methyl sites for hydroxylation is 2. The second-order valence-electron chi connectivity index (χ2n) is 4.88. The third-order valence-electron chi connectivity index (χ3n) is 3.30. The van der Waals surface area contributed by atoms with E-state index < -0.39 is 10.0 Å². The van der Waals surface area contributed by atoms with E-state index in [0.717, 1.165) is 16.0 Å². The number of benzene rings is 1. The van der Waals surface area contributed by atoms with E-state index in [9.17, 15) is 8.42 Å². The van der Waals surface area contributed by atoms with Gasteiger partial charge < -0.3 is 5.73 Å². The smallest absolute Gasteiger partial charge is 0.273 e. The Kier molecular flexibility index (Phi) is 4.70. The molecule has 0 amide bonds. The Labute approximate surface area is 130 Å². The maximum atomic E-state index is 12.9. The van der Waals surface area contributed by atoms with Gasteiger partial charge in [-0.05, 0) is 50.1 Å². The van der Waals surface area contributed by atoms with Gasteiger partial charge in [0.2, 0.25) is 0 Å². The van der Waals surface area contributed by atoms with Gasteiger partial charge in [-0.2, -0.15) is 0 Å². The van der Waals surface area contributed by atoms with Gasteiger partial charge >= 0.3 is 0 Å². The standard InChI is InChI=1S/C15H20N2O2S2/c1-4-17(13-7-5-6-11(2)8-13)21(18,19)15-9-12(3)14(10-16)20-15/h5-9H,4,10,16H2,1-3H3. The highest BCUT2D eigenvalue weighted by Gasteiger charge is 2.26. The van der Waals surface area contributed by atoms with Crippen molar-refractivity contribution in [3.8, 4) is 0 Å². The van der Waals surface area contributed by atoms with Crippen molar-refractivity contribution < 1.29 is 8.42 Å². The third kappa shape index (κ3) is 3.12. The van der Waals surface area contributed by atoms with E-state index in [-0.39, 0.29) is 0 Å². The molecular weight excluding hydrogens is 304 g/mol. The Hall–Kier alpha value is -1.37. The van der Waals surface area contributed by atoms with Gasteiger partial charge in [0.1, 0.15) is 4.21 Å². The lowest BCUT2D eigenvalue weighted by molar-refractivity contribution is 0.594. The van der Waals surface area contributed by atoms with Crippen LogP contribution in [-0.2, 0) is 16.6 Å². The monoisotopic (exact) mass is 324 g/mol. The SMILES string of the molecule is CCN(c1cccc(C)c1)S(=O)(=O)c1cc(C)c(CN)s1. The van der Waals surface area contributed by atoms with E-state index in [4.69, 9.17) is 5.73 Å². The summed E-state index contributed by atoms with van der Waals surface area (Å²) >= 11 is 1.25. The van der Waals surface area contributed by atoms with E-state index in [1.165, 1.54) is 15.6 Å². The highest BCUT2D eigenvalue weighted by Crippen LogP contribution is 2.31. The normalized spacial score (nSPS) is 11.6. The van der Waals surface area contributed by atoms with E-state index in [2.05, 4.69) is 0 Å². The first kappa shape index (κ1) is 16.0. The number of hydrogen-bond donors (Lipinski definition) is 1. The average Bonchev–Trinajstić information content (AvgIpc) is 2.81. The average molecular weight is 324 g/mol. The summed E-state index contributed by atoms with van der Waals surface area (Å²) in [5.74, 6) is 0. The number of nitrogens with zero attached hydrogens (tertiary/aromatic N) is 1. The molecule has 1 aromatic carbocycles. The van der Waals surface area contributed by atoms with Crippen LogP contribution >= 0.6 is 11.3 Å². The first-order valence-corrected chi connectivity index (χ1v) is 9.04. The molecule has 0 aliphatic carbocycles. The third-order valence-corrected chi connectivity index (χ3v) is 6.92. The van der Waals surface area contributed by atoms with E-state index in [1.54, 1.807) is 6.07 Å². The molecule has 4 nitrogen and oxygen atoms in total. The molecule has 1 aromatic heterocycles. The van der Waals surface area contributed by atoms with Crippen molar-refractivity contribution >= 4 is 27.0 Å². The predicted molar refractivity (Wildman–Crippen MR) is 88.3 cm³/mol. The largest absolute Gasteiger partial charge is 0.326 e. The summed E-state index contributed by atoms with van der Waals surface area (Å²) in [6, 6.07) is 9.23. The molecule has 0 aliphatic rings. The lowest BCUT2D eigenvalue weighted by Crippen LogP contribution is -2.30. The van der Waals surface area contributed by atoms with Crippen LogP contribution in [-0.4, -0.2) is 15.0 Å². The van der Waals surface area contributed by atoms with Gasteiger partial charge in [0.05, 0.1) is 5.69 Å². The molecule has 0 radical (unpaired) electrons. The lowest BCUT2D eigenvalue weighted by Gasteiger charge is -2.22. The molecule has 0 saturated heterocycles. The molecule has 0 fully saturated rings. The second kappa shape index (κ2) is 6.17. The minimum Gasteiger partial charge on any atom is -0.326 e. The Morgan fingerprint density at radius 2 is 1.95 bits per heavy atom. The van der Waals surface area contributed by atoms with Crippen LogP contribution < -0.4 is 10.0 Å². The van der Waals surface area contributed by atoms with Crippen molar-refractivity contribution in [1.29, 1.82) is 0 Å². The fraction of sp³-hybridized carbons (Fsp3) is 0.333. The van der Waals surface area contributed by atoms with Gasteiger partial charge in [0.25, 0.3) is 10.0 Å². The molecule has 0 atom stereocenters. The number of anilines is 1. The summed E-state index contributed by atoms with van der Waals surface area (Å²) in [5.41, 5.74) is 8.31. The predicted octanol–water partition coefficient (Wildman–Crippen LogP) is 3.04. The van der Waals surface area contributed by atoms with E-state index in [0.29, 0.717) is 23.0 Å². The summed E-state index contributed by atoms with van der Waals surface area (Å²) in [5, 5.41) is 0. The fourth-order valence-corrected chi connectivity index (χ4v) is 5.25. The molecule has 114 valence electrons. The zero-order valence-electron chi connectivity index (χ0n) is 12.5. The molecule has 6 heteroatoms. The first-order valence-electron chi connectivity index (χ1n) is 6.79. The van der Waals surface area contributed by atoms with Gasteiger partial charge in [-0.25, -0.2) is 8.42 Å². The van der Waals surface area contributed by atoms with Gasteiger partial charge in [-0.15, -0.1) is 11.3 Å². The van der Waals surface area contributed by atoms with E-state index in [1.807, 2.05) is 45.0 Å². The Balaban J connectivity index is 2.49. The van der Waals surface area contributed by atoms with E-state index >= 15 is 0 Å². The Morgan fingerprint density at radius 1 is 1.24 bits per heavy atom. The first-order chi connectivity index (χ1) is 9.90. The summed E-state index contributed by atoms with van der Waals surface area (Å²) in [6.45, 7) is 6.43. The van der Waals surface area contributed by atoms with Crippen molar-refractivity contribution in [1.82, 2.24) is 0 Å². The number of thiophene rings is 1. The van der Waals surface area contributed by atoms with Crippen LogP contribution in [0.25, 0.3) is 0 Å². The Bertz CT molecular complexity index is 736. The van der Waals surface area contributed by atoms with Crippen molar-refractivity contribution in [2.75, 3.05) is 10.8 Å². The van der Waals surface area contributed by atoms with Crippen LogP contribution in [0.4, 0.5) is 5.69 Å².